The molecule has 1 aliphatic rings. The van der Waals surface area contributed by atoms with Gasteiger partial charge in [-0.15, -0.1) is 0 Å². The Balaban J connectivity index is 1.75. The van der Waals surface area contributed by atoms with Crippen LogP contribution in [-0.4, -0.2) is 40.9 Å². The fourth-order valence-corrected chi connectivity index (χ4v) is 3.99. The molecule has 0 spiro atoms. The van der Waals surface area contributed by atoms with Crippen molar-refractivity contribution in [2.24, 2.45) is 16.6 Å². The van der Waals surface area contributed by atoms with Crippen LogP contribution in [0.1, 0.15) is 38.0 Å². The van der Waals surface area contributed by atoms with Gasteiger partial charge >= 0.3 is 0 Å². The number of fused-ring (bicyclic) bond motifs is 1. The summed E-state index contributed by atoms with van der Waals surface area (Å²) in [6.07, 6.45) is 13.7. The van der Waals surface area contributed by atoms with Gasteiger partial charge in [0, 0.05) is 53.6 Å². The van der Waals surface area contributed by atoms with Crippen LogP contribution in [0.15, 0.2) is 77.6 Å². The zero-order valence-corrected chi connectivity index (χ0v) is 21.1. The van der Waals surface area contributed by atoms with Gasteiger partial charge in [0.25, 0.3) is 0 Å². The summed E-state index contributed by atoms with van der Waals surface area (Å²) in [6.45, 7) is 10.2. The minimum Gasteiger partial charge on any atom is -0.399 e. The molecule has 1 saturated heterocycles. The third-order valence-corrected chi connectivity index (χ3v) is 5.96. The highest BCUT2D eigenvalue weighted by Crippen LogP contribution is 2.33. The van der Waals surface area contributed by atoms with Crippen molar-refractivity contribution in [3.8, 4) is 0 Å². The van der Waals surface area contributed by atoms with E-state index in [-0.39, 0.29) is 12.8 Å². The second-order valence-corrected chi connectivity index (χ2v) is 8.63. The molecular formula is C26H32ClN7O2. The second kappa shape index (κ2) is 12.8. The molecule has 3 rings (SSSR count). The molecule has 190 valence electrons. The molecule has 1 aliphatic heterocycles. The van der Waals surface area contributed by atoms with E-state index in [2.05, 4.69) is 28.8 Å². The van der Waals surface area contributed by atoms with Gasteiger partial charge in [0.1, 0.15) is 6.29 Å². The lowest BCUT2D eigenvalue weighted by atomic mass is 10.1. The number of rotatable bonds is 11. The van der Waals surface area contributed by atoms with Crippen molar-refractivity contribution in [3.63, 3.8) is 0 Å². The van der Waals surface area contributed by atoms with Gasteiger partial charge in [-0.1, -0.05) is 36.4 Å². The van der Waals surface area contributed by atoms with Crippen LogP contribution in [0.25, 0.3) is 16.6 Å². The smallest absolute Gasteiger partial charge is 0.150 e. The first-order chi connectivity index (χ1) is 17.4. The second-order valence-electron chi connectivity index (χ2n) is 8.22. The summed E-state index contributed by atoms with van der Waals surface area (Å²) in [5.41, 5.74) is 16.2. The SMILES string of the molecule is C=NN(/C=C(\N)c1ccc(Cl)c2c1cnn2C1CCCCO1)C/C(N)=C/NC(=C)/C=C\C(C=O)=C/C. The van der Waals surface area contributed by atoms with E-state index >= 15 is 0 Å². The van der Waals surface area contributed by atoms with Gasteiger partial charge in [-0.3, -0.25) is 9.80 Å². The van der Waals surface area contributed by atoms with Crippen molar-refractivity contribution in [1.29, 1.82) is 0 Å². The van der Waals surface area contributed by atoms with Crippen LogP contribution >= 0.6 is 11.6 Å². The highest BCUT2D eigenvalue weighted by Gasteiger charge is 2.21. The molecule has 2 aromatic rings. The van der Waals surface area contributed by atoms with Gasteiger partial charge < -0.3 is 21.5 Å². The van der Waals surface area contributed by atoms with Gasteiger partial charge in [0.2, 0.25) is 0 Å². The molecule has 0 aliphatic carbocycles. The maximum absolute atomic E-state index is 10.9. The number of carbonyl (C=O) groups is 1. The summed E-state index contributed by atoms with van der Waals surface area (Å²) in [4.78, 5) is 10.9. The molecule has 0 amide bonds. The van der Waals surface area contributed by atoms with Crippen molar-refractivity contribution in [1.82, 2.24) is 20.1 Å². The molecular weight excluding hydrogens is 478 g/mol. The number of benzene rings is 1. The summed E-state index contributed by atoms with van der Waals surface area (Å²) in [7, 11) is 0. The fraction of sp³-hybridized carbons (Fsp3) is 0.269. The van der Waals surface area contributed by atoms with Crippen molar-refractivity contribution in [2.45, 2.75) is 32.4 Å². The number of nitrogens with zero attached hydrogens (tertiary/aromatic N) is 4. The molecule has 1 unspecified atom stereocenters. The Morgan fingerprint density at radius 1 is 1.39 bits per heavy atom. The molecule has 1 aromatic heterocycles. The van der Waals surface area contributed by atoms with Crippen molar-refractivity contribution in [3.05, 3.63) is 83.1 Å². The molecule has 1 aromatic carbocycles. The Morgan fingerprint density at radius 3 is 2.86 bits per heavy atom. The number of ether oxygens (including phenoxy) is 1. The number of halogens is 1. The first-order valence-corrected chi connectivity index (χ1v) is 11.9. The van der Waals surface area contributed by atoms with Crippen molar-refractivity contribution < 1.29 is 9.53 Å². The Kier molecular flexibility index (Phi) is 9.49. The molecule has 10 heteroatoms. The third-order valence-electron chi connectivity index (χ3n) is 5.65. The average Bonchev–Trinajstić information content (AvgIpc) is 3.34. The number of hydrogen-bond donors (Lipinski definition) is 3. The zero-order valence-electron chi connectivity index (χ0n) is 20.4. The molecule has 0 radical (unpaired) electrons. The predicted molar refractivity (Wildman–Crippen MR) is 146 cm³/mol. The van der Waals surface area contributed by atoms with Crippen molar-refractivity contribution >= 4 is 41.2 Å². The number of aldehydes is 1. The molecule has 9 nitrogen and oxygen atoms in total. The highest BCUT2D eigenvalue weighted by atomic mass is 35.5. The molecule has 1 atom stereocenters. The van der Waals surface area contributed by atoms with Gasteiger partial charge in [-0.05, 0) is 38.3 Å². The average molecular weight is 510 g/mol. The summed E-state index contributed by atoms with van der Waals surface area (Å²) >= 11 is 6.54. The Morgan fingerprint density at radius 2 is 2.19 bits per heavy atom. The molecule has 5 N–H and O–H groups in total. The minimum absolute atomic E-state index is 0.148. The Bertz CT molecular complexity index is 1240. The lowest BCUT2D eigenvalue weighted by Gasteiger charge is -2.23. The quantitative estimate of drug-likeness (QED) is 0.136. The van der Waals surface area contributed by atoms with Crippen LogP contribution in [-0.2, 0) is 9.53 Å². The largest absolute Gasteiger partial charge is 0.399 e. The number of allylic oxidation sites excluding steroid dienone is 4. The topological polar surface area (TPSA) is 124 Å². The van der Waals surface area contributed by atoms with Crippen molar-refractivity contribution in [2.75, 3.05) is 13.2 Å². The number of hydrogen-bond acceptors (Lipinski definition) is 8. The Hall–Kier alpha value is -3.82. The van der Waals surface area contributed by atoms with E-state index in [1.54, 1.807) is 49.8 Å². The lowest BCUT2D eigenvalue weighted by molar-refractivity contribution is -0.104. The van der Waals surface area contributed by atoms with E-state index in [1.165, 1.54) is 5.01 Å². The number of carbonyl (C=O) groups excluding carboxylic acids is 1. The molecule has 2 heterocycles. The first-order valence-electron chi connectivity index (χ1n) is 11.6. The van der Waals surface area contributed by atoms with Crippen LogP contribution in [0.4, 0.5) is 0 Å². The van der Waals surface area contributed by atoms with E-state index < -0.39 is 0 Å². The van der Waals surface area contributed by atoms with Crippen LogP contribution in [0.3, 0.4) is 0 Å². The van der Waals surface area contributed by atoms with Crippen LogP contribution in [0, 0.1) is 0 Å². The highest BCUT2D eigenvalue weighted by molar-refractivity contribution is 6.35. The standard InChI is InChI=1S/C26H32ClN7O2/c1-4-19(17-35)9-8-18(2)31-13-20(28)15-33(30-3)16-24(29)21-10-11-23(27)26-22(21)14-32-34(26)25-7-5-6-12-36-25/h4,8-11,13-14,16-17,25,31H,2-3,5-7,12,15,28-29H2,1H3/b9-8-,19-4+,20-13-,24-16-. The van der Waals surface area contributed by atoms with E-state index in [4.69, 9.17) is 27.8 Å². The van der Waals surface area contributed by atoms with Crippen LogP contribution in [0.5, 0.6) is 0 Å². The third kappa shape index (κ3) is 6.65. The number of nitrogens with one attached hydrogen (secondary N) is 1. The van der Waals surface area contributed by atoms with Gasteiger partial charge in [0.15, 0.2) is 6.23 Å². The predicted octanol–water partition coefficient (Wildman–Crippen LogP) is 4.17. The summed E-state index contributed by atoms with van der Waals surface area (Å²) in [6, 6.07) is 3.65. The normalized spacial score (nSPS) is 17.4. The Labute approximate surface area is 216 Å². The summed E-state index contributed by atoms with van der Waals surface area (Å²) in [5, 5.41) is 14.5. The first kappa shape index (κ1) is 26.8. The summed E-state index contributed by atoms with van der Waals surface area (Å²) in [5.74, 6) is 0. The van der Waals surface area contributed by atoms with E-state index in [9.17, 15) is 4.79 Å². The molecule has 0 bridgehead atoms. The molecule has 1 fully saturated rings. The van der Waals surface area contributed by atoms with Gasteiger partial charge in [-0.25, -0.2) is 4.68 Å². The zero-order chi connectivity index (χ0) is 26.1. The monoisotopic (exact) mass is 509 g/mol. The fourth-order valence-electron chi connectivity index (χ4n) is 3.74. The van der Waals surface area contributed by atoms with Crippen LogP contribution < -0.4 is 16.8 Å². The lowest BCUT2D eigenvalue weighted by Crippen LogP contribution is -2.21. The van der Waals surface area contributed by atoms with E-state index in [0.29, 0.717) is 34.3 Å². The van der Waals surface area contributed by atoms with E-state index in [0.717, 1.165) is 42.0 Å². The van der Waals surface area contributed by atoms with E-state index in [1.807, 2.05) is 10.7 Å². The van der Waals surface area contributed by atoms with Gasteiger partial charge in [-0.2, -0.15) is 10.2 Å². The summed E-state index contributed by atoms with van der Waals surface area (Å²) < 4.78 is 7.73. The maximum Gasteiger partial charge on any atom is 0.150 e. The maximum atomic E-state index is 10.9. The minimum atomic E-state index is -0.148. The number of aromatic nitrogens is 2. The van der Waals surface area contributed by atoms with Gasteiger partial charge in [0.05, 0.1) is 29.0 Å². The number of hydrazone groups is 1. The number of nitrogens with two attached hydrogens (primary N) is 2. The van der Waals surface area contributed by atoms with Crippen LogP contribution in [0.2, 0.25) is 5.02 Å². The molecule has 36 heavy (non-hydrogen) atoms. The molecule has 0 saturated carbocycles.